The lowest BCUT2D eigenvalue weighted by atomic mass is 9.85. The van der Waals surface area contributed by atoms with Gasteiger partial charge < -0.3 is 11.1 Å². The van der Waals surface area contributed by atoms with E-state index in [1.165, 1.54) is 19.3 Å². The average Bonchev–Trinajstić information content (AvgIpc) is 2.35. The van der Waals surface area contributed by atoms with Crippen molar-refractivity contribution in [3.8, 4) is 0 Å². The fourth-order valence-corrected chi connectivity index (χ4v) is 2.87. The summed E-state index contributed by atoms with van der Waals surface area (Å²) in [4.78, 5) is 14.3. The molecule has 1 aliphatic carbocycles. The number of hydrogen-bond donors (Lipinski definition) is 2. The van der Waals surface area contributed by atoms with Crippen LogP contribution in [0.3, 0.4) is 0 Å². The molecule has 0 saturated heterocycles. The van der Waals surface area contributed by atoms with Gasteiger partial charge in [-0.2, -0.15) is 0 Å². The zero-order chi connectivity index (χ0) is 14.5. The van der Waals surface area contributed by atoms with Crippen LogP contribution in [0.1, 0.15) is 26.2 Å². The van der Waals surface area contributed by atoms with Crippen LogP contribution in [-0.2, 0) is 4.79 Å². The molecule has 1 amide bonds. The van der Waals surface area contributed by atoms with E-state index < -0.39 is 0 Å². The van der Waals surface area contributed by atoms with Crippen LogP contribution in [0.4, 0.5) is 11.4 Å². The fourth-order valence-electron chi connectivity index (χ4n) is 2.37. The Labute approximate surface area is 128 Å². The Balaban J connectivity index is 1.86. The maximum absolute atomic E-state index is 12.1. The number of rotatable bonds is 6. The number of nitrogens with two attached hydrogens (primary N) is 1. The summed E-state index contributed by atoms with van der Waals surface area (Å²) in [6.45, 7) is 4.49. The van der Waals surface area contributed by atoms with Gasteiger partial charge in [0, 0.05) is 16.7 Å². The maximum atomic E-state index is 12.1. The van der Waals surface area contributed by atoms with E-state index in [2.05, 4.69) is 33.1 Å². The Kier molecular flexibility index (Phi) is 5.43. The number of nitrogen functional groups attached to an aromatic ring is 1. The van der Waals surface area contributed by atoms with E-state index >= 15 is 0 Å². The van der Waals surface area contributed by atoms with Gasteiger partial charge in [0.05, 0.1) is 12.2 Å². The number of nitrogens with zero attached hydrogens (tertiary/aromatic N) is 1. The molecule has 3 N–H and O–H groups in total. The largest absolute Gasteiger partial charge is 0.399 e. The predicted octanol–water partition coefficient (Wildman–Crippen LogP) is 3.09. The van der Waals surface area contributed by atoms with Crippen LogP contribution in [0.25, 0.3) is 0 Å². The number of likely N-dealkylation sites (N-methyl/N-ethyl adjacent to an activating group) is 1. The molecule has 1 aromatic rings. The molecule has 5 heteroatoms. The van der Waals surface area contributed by atoms with E-state index in [-0.39, 0.29) is 5.91 Å². The van der Waals surface area contributed by atoms with E-state index in [1.54, 1.807) is 12.1 Å². The van der Waals surface area contributed by atoms with Gasteiger partial charge in [0.1, 0.15) is 0 Å². The minimum absolute atomic E-state index is 0.0247. The highest BCUT2D eigenvalue weighted by Crippen LogP contribution is 2.27. The van der Waals surface area contributed by atoms with Gasteiger partial charge >= 0.3 is 0 Å². The quantitative estimate of drug-likeness (QED) is 0.783. The molecule has 1 aliphatic rings. The molecule has 0 radical (unpaired) electrons. The number of amides is 1. The molecule has 0 aromatic heterocycles. The first-order chi connectivity index (χ1) is 9.58. The van der Waals surface area contributed by atoms with Crippen molar-refractivity contribution in [2.24, 2.45) is 5.92 Å². The monoisotopic (exact) mass is 339 g/mol. The smallest absolute Gasteiger partial charge is 0.238 e. The normalized spacial score (nSPS) is 15.2. The number of carbonyl (C=O) groups excluding carboxylic acids is 1. The van der Waals surface area contributed by atoms with Crippen LogP contribution >= 0.6 is 15.9 Å². The maximum Gasteiger partial charge on any atom is 0.238 e. The SMILES string of the molecule is CCN(CC(=O)Nc1ccc(N)cc1Br)CC1CCC1. The van der Waals surface area contributed by atoms with Gasteiger partial charge in [-0.1, -0.05) is 13.3 Å². The zero-order valence-electron chi connectivity index (χ0n) is 11.9. The first kappa shape index (κ1) is 15.3. The zero-order valence-corrected chi connectivity index (χ0v) is 13.4. The lowest BCUT2D eigenvalue weighted by Gasteiger charge is -2.31. The molecule has 0 heterocycles. The lowest BCUT2D eigenvalue weighted by Crippen LogP contribution is -2.38. The van der Waals surface area contributed by atoms with E-state index in [4.69, 9.17) is 5.73 Å². The van der Waals surface area contributed by atoms with E-state index in [9.17, 15) is 4.79 Å². The number of hydrogen-bond acceptors (Lipinski definition) is 3. The first-order valence-electron chi connectivity index (χ1n) is 7.15. The Morgan fingerprint density at radius 3 is 2.80 bits per heavy atom. The molecule has 1 fully saturated rings. The van der Waals surface area contributed by atoms with Crippen molar-refractivity contribution in [1.82, 2.24) is 4.90 Å². The molecule has 110 valence electrons. The fraction of sp³-hybridized carbons (Fsp3) is 0.533. The Hall–Kier alpha value is -1.07. The summed E-state index contributed by atoms with van der Waals surface area (Å²) in [5.41, 5.74) is 7.13. The molecule has 1 aromatic carbocycles. The van der Waals surface area contributed by atoms with Crippen LogP contribution in [0.5, 0.6) is 0 Å². The summed E-state index contributed by atoms with van der Waals surface area (Å²) < 4.78 is 0.813. The van der Waals surface area contributed by atoms with Gasteiger partial charge in [0.2, 0.25) is 5.91 Å². The van der Waals surface area contributed by atoms with Crippen LogP contribution in [-0.4, -0.2) is 30.4 Å². The summed E-state index contributed by atoms with van der Waals surface area (Å²) in [7, 11) is 0. The number of nitrogens with one attached hydrogen (secondary N) is 1. The highest BCUT2D eigenvalue weighted by Gasteiger charge is 2.21. The Morgan fingerprint density at radius 2 is 2.25 bits per heavy atom. The van der Waals surface area contributed by atoms with Crippen molar-refractivity contribution in [2.45, 2.75) is 26.2 Å². The van der Waals surface area contributed by atoms with Gasteiger partial charge in [0.15, 0.2) is 0 Å². The number of benzene rings is 1. The minimum atomic E-state index is 0.0247. The highest BCUT2D eigenvalue weighted by atomic mass is 79.9. The molecule has 0 atom stereocenters. The summed E-state index contributed by atoms with van der Waals surface area (Å²) >= 11 is 3.41. The van der Waals surface area contributed by atoms with Gasteiger partial charge in [-0.3, -0.25) is 9.69 Å². The van der Waals surface area contributed by atoms with Crippen molar-refractivity contribution >= 4 is 33.2 Å². The molecule has 0 spiro atoms. The van der Waals surface area contributed by atoms with Gasteiger partial charge in [-0.05, 0) is 59.4 Å². The summed E-state index contributed by atoms with van der Waals surface area (Å²) in [5.74, 6) is 0.808. The van der Waals surface area contributed by atoms with Crippen molar-refractivity contribution in [1.29, 1.82) is 0 Å². The lowest BCUT2D eigenvalue weighted by molar-refractivity contribution is -0.117. The van der Waals surface area contributed by atoms with E-state index in [0.717, 1.165) is 29.2 Å². The molecule has 0 aliphatic heterocycles. The second kappa shape index (κ2) is 7.09. The third-order valence-electron chi connectivity index (χ3n) is 3.82. The molecule has 4 nitrogen and oxygen atoms in total. The average molecular weight is 340 g/mol. The predicted molar refractivity (Wildman–Crippen MR) is 86.6 cm³/mol. The highest BCUT2D eigenvalue weighted by molar-refractivity contribution is 9.10. The number of carbonyl (C=O) groups is 1. The first-order valence-corrected chi connectivity index (χ1v) is 7.95. The Morgan fingerprint density at radius 1 is 1.50 bits per heavy atom. The van der Waals surface area contributed by atoms with E-state index in [0.29, 0.717) is 12.2 Å². The molecule has 20 heavy (non-hydrogen) atoms. The standard InChI is InChI=1S/C15H22BrN3O/c1-2-19(9-11-4-3-5-11)10-15(20)18-14-7-6-12(17)8-13(14)16/h6-8,11H,2-5,9-10,17H2,1H3,(H,18,20). The number of halogens is 1. The van der Waals surface area contributed by atoms with Crippen molar-refractivity contribution in [3.63, 3.8) is 0 Å². The van der Waals surface area contributed by atoms with Crippen molar-refractivity contribution in [3.05, 3.63) is 22.7 Å². The molecule has 0 unspecified atom stereocenters. The number of anilines is 2. The molecular weight excluding hydrogens is 318 g/mol. The third kappa shape index (κ3) is 4.21. The van der Waals surface area contributed by atoms with Gasteiger partial charge in [0.25, 0.3) is 0 Å². The Bertz CT molecular complexity index is 474. The topological polar surface area (TPSA) is 58.4 Å². The molecule has 2 rings (SSSR count). The molecular formula is C15H22BrN3O. The third-order valence-corrected chi connectivity index (χ3v) is 4.48. The second-order valence-electron chi connectivity index (χ2n) is 5.41. The second-order valence-corrected chi connectivity index (χ2v) is 6.27. The summed E-state index contributed by atoms with van der Waals surface area (Å²) in [6, 6.07) is 5.40. The van der Waals surface area contributed by atoms with E-state index in [1.807, 2.05) is 6.07 Å². The van der Waals surface area contributed by atoms with Crippen molar-refractivity contribution < 1.29 is 4.79 Å². The summed E-state index contributed by atoms with van der Waals surface area (Å²) in [6.07, 6.45) is 3.95. The van der Waals surface area contributed by atoms with Crippen LogP contribution in [0, 0.1) is 5.92 Å². The van der Waals surface area contributed by atoms with Crippen LogP contribution < -0.4 is 11.1 Å². The minimum Gasteiger partial charge on any atom is -0.399 e. The van der Waals surface area contributed by atoms with Crippen LogP contribution in [0.15, 0.2) is 22.7 Å². The molecule has 1 saturated carbocycles. The van der Waals surface area contributed by atoms with Gasteiger partial charge in [-0.15, -0.1) is 0 Å². The summed E-state index contributed by atoms with van der Waals surface area (Å²) in [5, 5.41) is 2.93. The molecule has 0 bridgehead atoms. The van der Waals surface area contributed by atoms with Crippen molar-refractivity contribution in [2.75, 3.05) is 30.7 Å². The van der Waals surface area contributed by atoms with Gasteiger partial charge in [-0.25, -0.2) is 0 Å². The van der Waals surface area contributed by atoms with Crippen LogP contribution in [0.2, 0.25) is 0 Å².